The number of aromatic amines is 1. The first-order valence-corrected chi connectivity index (χ1v) is 16.8. The number of fused-ring (bicyclic) bond motifs is 4. The fourth-order valence-corrected chi connectivity index (χ4v) is 8.24. The van der Waals surface area contributed by atoms with Gasteiger partial charge in [-0.1, -0.05) is 0 Å². The molecule has 0 spiro atoms. The van der Waals surface area contributed by atoms with Gasteiger partial charge in [0.25, 0.3) is 5.56 Å². The Kier molecular flexibility index (Phi) is 6.95. The van der Waals surface area contributed by atoms with Crippen LogP contribution in [0.1, 0.15) is 12.5 Å². The van der Waals surface area contributed by atoms with E-state index in [1.165, 1.54) is 35.2 Å². The quantitative estimate of drug-likeness (QED) is 0.137. The minimum absolute atomic E-state index is 0.0422. The van der Waals surface area contributed by atoms with Crippen molar-refractivity contribution in [1.82, 2.24) is 43.8 Å². The number of rotatable bonds is 3. The number of anilines is 2. The average Bonchev–Trinajstić information content (AvgIpc) is 3.82. The highest BCUT2D eigenvalue weighted by Crippen LogP contribution is 2.54. The van der Waals surface area contributed by atoms with Crippen LogP contribution < -0.4 is 21.7 Å². The van der Waals surface area contributed by atoms with E-state index >= 15 is 0 Å². The summed E-state index contributed by atoms with van der Waals surface area (Å²) >= 11 is 0. The molecule has 4 saturated heterocycles. The zero-order valence-corrected chi connectivity index (χ0v) is 25.7. The standard InChI is InChI=1S/C22H26N11O12PS/c1-39-11-8-2-29-47(37,38)45-14-13-20(32-6-27-9-15(23)25-5-26-16(9)32)43-22(14,3-40-13)4-41-46(35,36)44-12(11)19(42-8)33-7-28-10-17(33)30-21(24)31-18(10)34/h5-8,11-14,19-20,29H,2-4H2,1H3,(H,35,36)(H2,23,25,26)(H3,24,30,31,34). The predicted molar refractivity (Wildman–Crippen MR) is 152 cm³/mol. The van der Waals surface area contributed by atoms with Gasteiger partial charge >= 0.3 is 18.1 Å². The Morgan fingerprint density at radius 2 is 1.85 bits per heavy atom. The lowest BCUT2D eigenvalue weighted by Crippen LogP contribution is -2.48. The summed E-state index contributed by atoms with van der Waals surface area (Å²) in [7, 11) is -8.36. The maximum absolute atomic E-state index is 13.6. The monoisotopic (exact) mass is 699 g/mol. The molecular weight excluding hydrogens is 673 g/mol. The largest absolute Gasteiger partial charge is 0.472 e. The van der Waals surface area contributed by atoms with E-state index in [2.05, 4.69) is 34.6 Å². The summed E-state index contributed by atoms with van der Waals surface area (Å²) in [6.45, 7) is -1.45. The van der Waals surface area contributed by atoms with Gasteiger partial charge in [0.2, 0.25) is 5.95 Å². The van der Waals surface area contributed by atoms with E-state index in [0.29, 0.717) is 0 Å². The molecule has 0 aromatic carbocycles. The summed E-state index contributed by atoms with van der Waals surface area (Å²) in [5.41, 5.74) is 9.64. The molecule has 4 aromatic rings. The van der Waals surface area contributed by atoms with Gasteiger partial charge in [-0.25, -0.2) is 28.7 Å². The van der Waals surface area contributed by atoms with E-state index in [1.54, 1.807) is 0 Å². The minimum atomic E-state index is -5.04. The summed E-state index contributed by atoms with van der Waals surface area (Å²) in [6, 6.07) is 0. The van der Waals surface area contributed by atoms with Crippen molar-refractivity contribution in [2.24, 2.45) is 0 Å². The number of H-pyrrole nitrogens is 1. The number of nitrogens with two attached hydrogens (primary N) is 2. The van der Waals surface area contributed by atoms with Crippen LogP contribution in [-0.4, -0.2) is 115 Å². The lowest BCUT2D eigenvalue weighted by Gasteiger charge is -2.32. The van der Waals surface area contributed by atoms with Crippen molar-refractivity contribution in [1.29, 1.82) is 0 Å². The molecule has 8 rings (SSSR count). The Morgan fingerprint density at radius 3 is 2.64 bits per heavy atom. The number of imidazole rings is 2. The third kappa shape index (κ3) is 4.91. The molecule has 4 bridgehead atoms. The second kappa shape index (κ2) is 10.7. The molecule has 4 aromatic heterocycles. The van der Waals surface area contributed by atoms with Crippen LogP contribution >= 0.6 is 7.82 Å². The molecule has 4 aliphatic rings. The van der Waals surface area contributed by atoms with E-state index < -0.39 is 85.4 Å². The molecule has 25 heteroatoms. The van der Waals surface area contributed by atoms with Gasteiger partial charge < -0.3 is 35.3 Å². The first-order chi connectivity index (χ1) is 22.4. The van der Waals surface area contributed by atoms with Crippen molar-refractivity contribution in [3.05, 3.63) is 29.3 Å². The zero-order valence-electron chi connectivity index (χ0n) is 24.0. The zero-order chi connectivity index (χ0) is 32.9. The Hall–Kier alpha value is -3.68. The minimum Gasteiger partial charge on any atom is -0.382 e. The molecule has 0 saturated carbocycles. The first kappa shape index (κ1) is 30.6. The molecule has 9 unspecified atom stereocenters. The van der Waals surface area contributed by atoms with Crippen molar-refractivity contribution in [3.8, 4) is 0 Å². The number of nitrogens with zero attached hydrogens (tertiary/aromatic N) is 7. The molecule has 0 aliphatic carbocycles. The molecule has 8 heterocycles. The lowest BCUT2D eigenvalue weighted by atomic mass is 10.0. The van der Waals surface area contributed by atoms with Crippen molar-refractivity contribution < 1.29 is 50.1 Å². The molecule has 4 fully saturated rings. The van der Waals surface area contributed by atoms with Crippen LogP contribution in [0.3, 0.4) is 0 Å². The van der Waals surface area contributed by atoms with Crippen molar-refractivity contribution in [3.63, 3.8) is 0 Å². The highest BCUT2D eigenvalue weighted by molar-refractivity contribution is 7.84. The topological polar surface area (TPSA) is 307 Å². The van der Waals surface area contributed by atoms with Crippen LogP contribution in [0.15, 0.2) is 23.8 Å². The van der Waals surface area contributed by atoms with Crippen LogP contribution in [-0.2, 0) is 47.0 Å². The molecule has 9 atom stereocenters. The molecule has 4 aliphatic heterocycles. The SMILES string of the molecule is COC1C2CNS(=O)(=O)OC3C4OCC3(COP(=O)(O)OC1C(n1cnc3c(=O)[nH]c(N)nc31)O2)OC4n1cnc2c(N)ncnc21. The molecule has 0 amide bonds. The smallest absolute Gasteiger partial charge is 0.382 e. The van der Waals surface area contributed by atoms with Gasteiger partial charge in [-0.2, -0.15) is 18.1 Å². The van der Waals surface area contributed by atoms with Gasteiger partial charge in [-0.15, -0.1) is 0 Å². The molecule has 7 N–H and O–H groups in total. The Labute approximate surface area is 262 Å². The van der Waals surface area contributed by atoms with Gasteiger partial charge in [0.05, 0.1) is 25.9 Å². The van der Waals surface area contributed by atoms with Crippen molar-refractivity contribution in [2.75, 3.05) is 38.3 Å². The number of aromatic nitrogens is 8. The van der Waals surface area contributed by atoms with Gasteiger partial charge in [0.1, 0.15) is 48.0 Å². The van der Waals surface area contributed by atoms with Gasteiger partial charge in [-0.05, 0) is 0 Å². The van der Waals surface area contributed by atoms with Crippen molar-refractivity contribution in [2.45, 2.75) is 48.6 Å². The summed E-state index contributed by atoms with van der Waals surface area (Å²) in [5, 5.41) is 0. The summed E-state index contributed by atoms with van der Waals surface area (Å²) in [5.74, 6) is -0.134. The number of ether oxygens (including phenoxy) is 4. The van der Waals surface area contributed by atoms with Crippen LogP contribution in [0.2, 0.25) is 0 Å². The van der Waals surface area contributed by atoms with Crippen LogP contribution in [0.4, 0.5) is 11.8 Å². The third-order valence-electron chi connectivity index (χ3n) is 8.34. The number of methoxy groups -OCH3 is 1. The maximum atomic E-state index is 13.6. The number of hydrogen-bond donors (Lipinski definition) is 5. The Morgan fingerprint density at radius 1 is 1.09 bits per heavy atom. The lowest BCUT2D eigenvalue weighted by molar-refractivity contribution is -0.184. The predicted octanol–water partition coefficient (Wildman–Crippen LogP) is -2.56. The normalized spacial score (nSPS) is 37.0. The summed E-state index contributed by atoms with van der Waals surface area (Å²) < 4.78 is 85.9. The number of phosphoric acid groups is 1. The van der Waals surface area contributed by atoms with Crippen LogP contribution in [0, 0.1) is 0 Å². The highest BCUT2D eigenvalue weighted by Gasteiger charge is 2.66. The van der Waals surface area contributed by atoms with E-state index in [1.807, 2.05) is 0 Å². The van der Waals surface area contributed by atoms with E-state index in [9.17, 15) is 22.7 Å². The van der Waals surface area contributed by atoms with Gasteiger partial charge in [0.15, 0.2) is 35.1 Å². The summed E-state index contributed by atoms with van der Waals surface area (Å²) in [4.78, 5) is 46.2. The second-order valence-corrected chi connectivity index (χ2v) is 13.9. The first-order valence-electron chi connectivity index (χ1n) is 13.9. The van der Waals surface area contributed by atoms with E-state index in [-0.39, 0.29) is 40.7 Å². The Balaban J connectivity index is 1.15. The molecular formula is C22H26N11O12PS. The average molecular weight is 700 g/mol. The van der Waals surface area contributed by atoms with E-state index in [0.717, 1.165) is 0 Å². The van der Waals surface area contributed by atoms with Crippen LogP contribution in [0.25, 0.3) is 22.3 Å². The summed E-state index contributed by atoms with van der Waals surface area (Å²) in [6.07, 6.45) is -4.83. The number of nitrogens with one attached hydrogen (secondary N) is 2. The number of nitrogen functional groups attached to an aromatic ring is 2. The molecule has 23 nitrogen and oxygen atoms in total. The number of hydrogen-bond acceptors (Lipinski definition) is 18. The Bertz CT molecular complexity index is 2110. The van der Waals surface area contributed by atoms with Crippen LogP contribution in [0.5, 0.6) is 0 Å². The van der Waals surface area contributed by atoms with Crippen molar-refractivity contribution >= 4 is 52.2 Å². The van der Waals surface area contributed by atoms with Gasteiger partial charge in [0, 0.05) is 13.7 Å². The fourth-order valence-electron chi connectivity index (χ4n) is 6.27. The number of phosphoric ester groups is 1. The third-order valence-corrected chi connectivity index (χ3v) is 10.3. The molecule has 252 valence electrons. The highest BCUT2D eigenvalue weighted by atomic mass is 32.2. The second-order valence-electron chi connectivity index (χ2n) is 11.1. The molecule has 0 radical (unpaired) electrons. The van der Waals surface area contributed by atoms with E-state index in [4.69, 9.17) is 43.6 Å². The van der Waals surface area contributed by atoms with Gasteiger partial charge in [-0.3, -0.25) is 28.0 Å². The maximum Gasteiger partial charge on any atom is 0.472 e. The molecule has 47 heavy (non-hydrogen) atoms. The fraction of sp³-hybridized carbons (Fsp3) is 0.545.